The van der Waals surface area contributed by atoms with Gasteiger partial charge in [-0.1, -0.05) is 31.5 Å². The monoisotopic (exact) mass is 516 g/mol. The molecule has 2 atom stereocenters. The summed E-state index contributed by atoms with van der Waals surface area (Å²) < 4.78 is 1.21. The highest BCUT2D eigenvalue weighted by Gasteiger charge is 2.15. The zero-order chi connectivity index (χ0) is 19.1. The lowest BCUT2D eigenvalue weighted by molar-refractivity contribution is 0.184. The van der Waals surface area contributed by atoms with Gasteiger partial charge in [-0.25, -0.2) is 0 Å². The van der Waals surface area contributed by atoms with Gasteiger partial charge in [0.2, 0.25) is 0 Å². The van der Waals surface area contributed by atoms with Crippen LogP contribution >= 0.6 is 35.3 Å². The van der Waals surface area contributed by atoms with Crippen LogP contribution in [0.1, 0.15) is 37.2 Å². The second-order valence-electron chi connectivity index (χ2n) is 7.50. The molecule has 0 saturated carbocycles. The normalized spacial score (nSPS) is 17.8. The number of benzene rings is 1. The molecular formula is C21H33IN4OS. The molecule has 28 heavy (non-hydrogen) atoms. The van der Waals surface area contributed by atoms with E-state index < -0.39 is 6.10 Å². The minimum Gasteiger partial charge on any atom is -0.386 e. The second kappa shape index (κ2) is 11.9. The third-order valence-corrected chi connectivity index (χ3v) is 6.31. The van der Waals surface area contributed by atoms with E-state index in [1.54, 1.807) is 18.4 Å². The Balaban J connectivity index is 0.00000280. The predicted octanol–water partition coefficient (Wildman–Crippen LogP) is 3.84. The van der Waals surface area contributed by atoms with Gasteiger partial charge in [-0.3, -0.25) is 4.99 Å². The van der Waals surface area contributed by atoms with Crippen molar-refractivity contribution in [3.63, 3.8) is 0 Å². The van der Waals surface area contributed by atoms with E-state index in [2.05, 4.69) is 45.6 Å². The van der Waals surface area contributed by atoms with Crippen LogP contribution in [-0.4, -0.2) is 55.7 Å². The molecule has 5 nitrogen and oxygen atoms in total. The van der Waals surface area contributed by atoms with Gasteiger partial charge in [-0.15, -0.1) is 35.3 Å². The summed E-state index contributed by atoms with van der Waals surface area (Å²) in [6.45, 7) is 7.22. The lowest BCUT2D eigenvalue weighted by atomic mass is 10.1. The van der Waals surface area contributed by atoms with E-state index in [9.17, 15) is 5.11 Å². The molecule has 2 unspecified atom stereocenters. The van der Waals surface area contributed by atoms with Crippen LogP contribution in [0.4, 0.5) is 0 Å². The Bertz CT molecular complexity index is 712. The van der Waals surface area contributed by atoms with Crippen LogP contribution < -0.4 is 10.6 Å². The summed E-state index contributed by atoms with van der Waals surface area (Å²) in [6, 6.07) is 10.3. The first-order valence-electron chi connectivity index (χ1n) is 9.99. The molecule has 1 saturated heterocycles. The molecular weight excluding hydrogens is 483 g/mol. The van der Waals surface area contributed by atoms with Crippen molar-refractivity contribution in [2.75, 3.05) is 39.8 Å². The zero-order valence-electron chi connectivity index (χ0n) is 16.9. The predicted molar refractivity (Wildman–Crippen MR) is 131 cm³/mol. The van der Waals surface area contributed by atoms with Gasteiger partial charge in [0, 0.05) is 36.3 Å². The SMILES string of the molecule is CN=C(NCC(C)CN1CCCCC1)NCC(O)c1cc2ccccc2s1.I. The van der Waals surface area contributed by atoms with Crippen LogP contribution in [0.15, 0.2) is 35.3 Å². The highest BCUT2D eigenvalue weighted by Crippen LogP contribution is 2.29. The molecule has 1 aliphatic heterocycles. The number of aliphatic hydroxyl groups is 1. The lowest BCUT2D eigenvalue weighted by Gasteiger charge is -2.29. The minimum absolute atomic E-state index is 0. The maximum Gasteiger partial charge on any atom is 0.191 e. The second-order valence-corrected chi connectivity index (χ2v) is 8.62. The molecule has 0 aliphatic carbocycles. The summed E-state index contributed by atoms with van der Waals surface area (Å²) in [5.41, 5.74) is 0. The number of piperidine rings is 1. The Morgan fingerprint density at radius 3 is 2.61 bits per heavy atom. The van der Waals surface area contributed by atoms with Crippen molar-refractivity contribution in [3.8, 4) is 0 Å². The standard InChI is InChI=1S/C21H32N4OS.HI/c1-16(15-25-10-6-3-7-11-25)13-23-21(22-2)24-14-18(26)20-12-17-8-4-5-9-19(17)27-20;/h4-5,8-9,12,16,18,26H,3,6-7,10-11,13-15H2,1-2H3,(H2,22,23,24);1H. The van der Waals surface area contributed by atoms with Crippen LogP contribution in [-0.2, 0) is 0 Å². The van der Waals surface area contributed by atoms with Crippen molar-refractivity contribution in [2.24, 2.45) is 10.9 Å². The average Bonchev–Trinajstić information content (AvgIpc) is 3.13. The maximum atomic E-state index is 10.5. The Hall–Kier alpha value is -0.900. The molecule has 0 spiro atoms. The van der Waals surface area contributed by atoms with Crippen molar-refractivity contribution in [1.29, 1.82) is 0 Å². The van der Waals surface area contributed by atoms with Crippen molar-refractivity contribution < 1.29 is 5.11 Å². The minimum atomic E-state index is -0.535. The quantitative estimate of drug-likeness (QED) is 0.298. The Kier molecular flexibility index (Phi) is 9.98. The highest BCUT2D eigenvalue weighted by molar-refractivity contribution is 14.0. The number of rotatable bonds is 7. The van der Waals surface area contributed by atoms with Crippen LogP contribution in [0, 0.1) is 5.92 Å². The molecule has 0 amide bonds. The number of hydrogen-bond donors (Lipinski definition) is 3. The van der Waals surface area contributed by atoms with Gasteiger partial charge >= 0.3 is 0 Å². The maximum absolute atomic E-state index is 10.5. The Labute approximate surface area is 189 Å². The fraction of sp³-hybridized carbons (Fsp3) is 0.571. The molecule has 1 aliphatic rings. The molecule has 1 aromatic heterocycles. The van der Waals surface area contributed by atoms with E-state index in [4.69, 9.17) is 0 Å². The summed E-state index contributed by atoms with van der Waals surface area (Å²) in [5, 5.41) is 18.4. The number of guanidine groups is 1. The summed E-state index contributed by atoms with van der Waals surface area (Å²) in [6.07, 6.45) is 3.51. The van der Waals surface area contributed by atoms with E-state index in [0.29, 0.717) is 12.5 Å². The molecule has 2 heterocycles. The fourth-order valence-electron chi connectivity index (χ4n) is 3.60. The summed E-state index contributed by atoms with van der Waals surface area (Å²) in [4.78, 5) is 7.84. The van der Waals surface area contributed by atoms with Gasteiger partial charge in [0.1, 0.15) is 6.10 Å². The fourth-order valence-corrected chi connectivity index (χ4v) is 4.65. The van der Waals surface area contributed by atoms with Crippen molar-refractivity contribution in [1.82, 2.24) is 15.5 Å². The molecule has 3 rings (SSSR count). The summed E-state index contributed by atoms with van der Waals surface area (Å²) >= 11 is 1.65. The van der Waals surface area contributed by atoms with Crippen LogP contribution in [0.5, 0.6) is 0 Å². The number of nitrogens with one attached hydrogen (secondary N) is 2. The zero-order valence-corrected chi connectivity index (χ0v) is 20.0. The number of likely N-dealkylation sites (tertiary alicyclic amines) is 1. The summed E-state index contributed by atoms with van der Waals surface area (Å²) in [7, 11) is 1.77. The number of fused-ring (bicyclic) bond motifs is 1. The number of aliphatic hydroxyl groups excluding tert-OH is 1. The van der Waals surface area contributed by atoms with Crippen LogP contribution in [0.3, 0.4) is 0 Å². The van der Waals surface area contributed by atoms with Crippen LogP contribution in [0.25, 0.3) is 10.1 Å². The molecule has 2 aromatic rings. The molecule has 3 N–H and O–H groups in total. The Morgan fingerprint density at radius 2 is 1.89 bits per heavy atom. The lowest BCUT2D eigenvalue weighted by Crippen LogP contribution is -2.43. The number of aliphatic imine (C=N–C) groups is 1. The average molecular weight is 516 g/mol. The summed E-state index contributed by atoms with van der Waals surface area (Å²) in [5.74, 6) is 1.31. The topological polar surface area (TPSA) is 59.9 Å². The number of thiophene rings is 1. The van der Waals surface area contributed by atoms with Crippen molar-refractivity contribution >= 4 is 51.4 Å². The number of nitrogens with zero attached hydrogens (tertiary/aromatic N) is 2. The van der Waals surface area contributed by atoms with Gasteiger partial charge in [0.05, 0.1) is 0 Å². The molecule has 7 heteroatoms. The van der Waals surface area contributed by atoms with Gasteiger partial charge in [-0.05, 0) is 49.4 Å². The van der Waals surface area contributed by atoms with E-state index in [-0.39, 0.29) is 24.0 Å². The molecule has 156 valence electrons. The van der Waals surface area contributed by atoms with Gasteiger partial charge in [0.15, 0.2) is 5.96 Å². The number of halogens is 1. The van der Waals surface area contributed by atoms with Crippen molar-refractivity contribution in [2.45, 2.75) is 32.3 Å². The van der Waals surface area contributed by atoms with E-state index in [1.165, 1.54) is 42.4 Å². The van der Waals surface area contributed by atoms with Gasteiger partial charge in [-0.2, -0.15) is 0 Å². The van der Waals surface area contributed by atoms with E-state index >= 15 is 0 Å². The first-order valence-corrected chi connectivity index (χ1v) is 10.8. The van der Waals surface area contributed by atoms with E-state index in [1.807, 2.05) is 12.1 Å². The van der Waals surface area contributed by atoms with Crippen molar-refractivity contribution in [3.05, 3.63) is 35.2 Å². The largest absolute Gasteiger partial charge is 0.386 e. The molecule has 0 radical (unpaired) electrons. The molecule has 0 bridgehead atoms. The molecule has 1 aromatic carbocycles. The number of hydrogen-bond acceptors (Lipinski definition) is 4. The first-order chi connectivity index (χ1) is 13.2. The Morgan fingerprint density at radius 1 is 1.18 bits per heavy atom. The smallest absolute Gasteiger partial charge is 0.191 e. The van der Waals surface area contributed by atoms with Crippen LogP contribution in [0.2, 0.25) is 0 Å². The van der Waals surface area contributed by atoms with E-state index in [0.717, 1.165) is 23.9 Å². The van der Waals surface area contributed by atoms with Gasteiger partial charge < -0.3 is 20.6 Å². The first kappa shape index (κ1) is 23.4. The highest BCUT2D eigenvalue weighted by atomic mass is 127. The third-order valence-electron chi connectivity index (χ3n) is 5.10. The molecule has 1 fully saturated rings. The third kappa shape index (κ3) is 6.86. The van der Waals surface area contributed by atoms with Gasteiger partial charge in [0.25, 0.3) is 0 Å².